The molecule has 1 heterocycles. The van der Waals surface area contributed by atoms with Crippen LogP contribution in [0.15, 0.2) is 41.4 Å². The highest BCUT2D eigenvalue weighted by atomic mass is 127. The van der Waals surface area contributed by atoms with E-state index in [0.717, 1.165) is 24.6 Å². The van der Waals surface area contributed by atoms with Crippen molar-refractivity contribution in [1.29, 1.82) is 0 Å². The Morgan fingerprint density at radius 1 is 1.17 bits per heavy atom. The van der Waals surface area contributed by atoms with Crippen LogP contribution < -0.4 is 16.4 Å². The summed E-state index contributed by atoms with van der Waals surface area (Å²) in [6.07, 6.45) is 0. The van der Waals surface area contributed by atoms with Crippen molar-refractivity contribution in [2.75, 3.05) is 6.54 Å². The smallest absolute Gasteiger partial charge is 0.248 e. The summed E-state index contributed by atoms with van der Waals surface area (Å²) in [7, 11) is 0. The molecule has 0 saturated carbocycles. The van der Waals surface area contributed by atoms with Gasteiger partial charge in [0, 0.05) is 21.9 Å². The van der Waals surface area contributed by atoms with Gasteiger partial charge < -0.3 is 16.4 Å². The van der Waals surface area contributed by atoms with Gasteiger partial charge in [0.15, 0.2) is 5.96 Å². The number of guanidine groups is 1. The Balaban J connectivity index is 0.00000288. The van der Waals surface area contributed by atoms with Gasteiger partial charge in [-0.2, -0.15) is 0 Å². The lowest BCUT2D eigenvalue weighted by molar-refractivity contribution is 0.100. The van der Waals surface area contributed by atoms with E-state index in [2.05, 4.69) is 34.7 Å². The molecule has 0 aliphatic heterocycles. The second-order valence-corrected chi connectivity index (χ2v) is 6.49. The summed E-state index contributed by atoms with van der Waals surface area (Å²) in [5.74, 6) is 0.360. The van der Waals surface area contributed by atoms with Crippen LogP contribution >= 0.6 is 35.3 Å². The van der Waals surface area contributed by atoms with E-state index < -0.39 is 5.91 Å². The highest BCUT2D eigenvalue weighted by molar-refractivity contribution is 14.0. The first-order chi connectivity index (χ1) is 11.1. The topological polar surface area (TPSA) is 79.5 Å². The monoisotopic (exact) mass is 458 g/mol. The number of amides is 1. The molecule has 0 spiro atoms. The molecule has 1 amide bonds. The van der Waals surface area contributed by atoms with Crippen molar-refractivity contribution >= 4 is 47.2 Å². The van der Waals surface area contributed by atoms with E-state index in [4.69, 9.17) is 5.73 Å². The van der Waals surface area contributed by atoms with Gasteiger partial charge in [-0.3, -0.25) is 4.79 Å². The molecule has 0 radical (unpaired) electrons. The zero-order valence-corrected chi connectivity index (χ0v) is 17.0. The van der Waals surface area contributed by atoms with Gasteiger partial charge in [0.25, 0.3) is 0 Å². The second kappa shape index (κ2) is 10.3. The Morgan fingerprint density at radius 2 is 1.88 bits per heavy atom. The van der Waals surface area contributed by atoms with Crippen molar-refractivity contribution in [2.45, 2.75) is 26.9 Å². The highest BCUT2D eigenvalue weighted by Gasteiger charge is 2.02. The Morgan fingerprint density at radius 3 is 2.42 bits per heavy atom. The van der Waals surface area contributed by atoms with E-state index in [1.54, 1.807) is 23.5 Å². The third-order valence-electron chi connectivity index (χ3n) is 3.23. The van der Waals surface area contributed by atoms with Crippen molar-refractivity contribution in [1.82, 2.24) is 10.6 Å². The van der Waals surface area contributed by atoms with Gasteiger partial charge in [-0.25, -0.2) is 4.99 Å². The number of carbonyl (C=O) groups is 1. The normalized spacial score (nSPS) is 10.8. The maximum absolute atomic E-state index is 11.1. The van der Waals surface area contributed by atoms with Crippen molar-refractivity contribution in [3.8, 4) is 0 Å². The Labute approximate surface area is 163 Å². The molecule has 130 valence electrons. The van der Waals surface area contributed by atoms with Gasteiger partial charge >= 0.3 is 0 Å². The summed E-state index contributed by atoms with van der Waals surface area (Å²) in [5.41, 5.74) is 6.77. The van der Waals surface area contributed by atoms with Crippen LogP contribution in [0, 0.1) is 6.92 Å². The van der Waals surface area contributed by atoms with E-state index in [-0.39, 0.29) is 24.0 Å². The van der Waals surface area contributed by atoms with Gasteiger partial charge in [-0.15, -0.1) is 35.3 Å². The molecule has 7 heteroatoms. The molecule has 2 aromatic rings. The fourth-order valence-electron chi connectivity index (χ4n) is 2.04. The molecule has 0 aliphatic carbocycles. The quantitative estimate of drug-likeness (QED) is 0.354. The van der Waals surface area contributed by atoms with E-state index in [9.17, 15) is 4.79 Å². The number of hydrogen-bond acceptors (Lipinski definition) is 3. The first-order valence-electron chi connectivity index (χ1n) is 7.54. The fourth-order valence-corrected chi connectivity index (χ4v) is 2.87. The highest BCUT2D eigenvalue weighted by Crippen LogP contribution is 2.14. The van der Waals surface area contributed by atoms with Crippen LogP contribution in [0.4, 0.5) is 0 Å². The lowest BCUT2D eigenvalue weighted by atomic mass is 10.1. The maximum atomic E-state index is 11.1. The van der Waals surface area contributed by atoms with E-state index in [0.29, 0.717) is 12.1 Å². The van der Waals surface area contributed by atoms with Crippen LogP contribution in [0.25, 0.3) is 0 Å². The molecular weight excluding hydrogens is 435 g/mol. The molecule has 4 N–H and O–H groups in total. The third kappa shape index (κ3) is 6.48. The first-order valence-corrected chi connectivity index (χ1v) is 8.36. The standard InChI is InChI=1S/C17H22N4OS.HI/c1-3-19-17(21-11-15-9-4-12(2)23-15)20-10-13-5-7-14(8-6-13)16(18)22;/h4-9H,3,10-11H2,1-2H3,(H2,18,22)(H2,19,20,21);1H. The van der Waals surface area contributed by atoms with Crippen molar-refractivity contribution < 1.29 is 4.79 Å². The third-order valence-corrected chi connectivity index (χ3v) is 4.23. The molecule has 0 unspecified atom stereocenters. The number of nitrogens with zero attached hydrogens (tertiary/aromatic N) is 1. The van der Waals surface area contributed by atoms with Crippen LogP contribution in [0.1, 0.15) is 32.6 Å². The largest absolute Gasteiger partial charge is 0.366 e. The SMILES string of the molecule is CCNC(=NCc1ccc(C(N)=O)cc1)NCc1ccc(C)s1.I. The van der Waals surface area contributed by atoms with E-state index in [1.807, 2.05) is 19.1 Å². The lowest BCUT2D eigenvalue weighted by Gasteiger charge is -2.10. The van der Waals surface area contributed by atoms with Crippen molar-refractivity contribution in [3.05, 3.63) is 57.3 Å². The molecule has 24 heavy (non-hydrogen) atoms. The van der Waals surface area contributed by atoms with E-state index >= 15 is 0 Å². The average molecular weight is 458 g/mol. The zero-order valence-electron chi connectivity index (χ0n) is 13.8. The molecule has 1 aromatic carbocycles. The molecule has 0 aliphatic rings. The van der Waals surface area contributed by atoms with Crippen LogP contribution in [0.2, 0.25) is 0 Å². The fraction of sp³-hybridized carbons (Fsp3) is 0.294. The van der Waals surface area contributed by atoms with Crippen LogP contribution in [-0.2, 0) is 13.1 Å². The summed E-state index contributed by atoms with van der Waals surface area (Å²) < 4.78 is 0. The number of aliphatic imine (C=N–C) groups is 1. The summed E-state index contributed by atoms with van der Waals surface area (Å²) in [4.78, 5) is 18.2. The Kier molecular flexibility index (Phi) is 8.77. The number of carbonyl (C=O) groups excluding carboxylic acids is 1. The maximum Gasteiger partial charge on any atom is 0.248 e. The minimum absolute atomic E-state index is 0. The van der Waals surface area contributed by atoms with Gasteiger partial charge in [0.1, 0.15) is 0 Å². The number of rotatable bonds is 6. The van der Waals surface area contributed by atoms with Crippen molar-refractivity contribution in [3.63, 3.8) is 0 Å². The lowest BCUT2D eigenvalue weighted by Crippen LogP contribution is -2.36. The number of hydrogen-bond donors (Lipinski definition) is 3. The molecule has 1 aromatic heterocycles. The first kappa shape index (κ1) is 20.4. The average Bonchev–Trinajstić information content (AvgIpc) is 2.96. The van der Waals surface area contributed by atoms with E-state index in [1.165, 1.54) is 9.75 Å². The molecule has 0 bridgehead atoms. The molecule has 0 fully saturated rings. The Hall–Kier alpha value is -1.61. The van der Waals surface area contributed by atoms with Crippen LogP contribution in [-0.4, -0.2) is 18.4 Å². The molecule has 0 saturated heterocycles. The summed E-state index contributed by atoms with van der Waals surface area (Å²) >= 11 is 1.78. The van der Waals surface area contributed by atoms with Gasteiger partial charge in [-0.05, 0) is 43.7 Å². The van der Waals surface area contributed by atoms with Crippen molar-refractivity contribution in [2.24, 2.45) is 10.7 Å². The second-order valence-electron chi connectivity index (χ2n) is 5.12. The number of aryl methyl sites for hydroxylation is 1. The number of nitrogens with two attached hydrogens (primary N) is 1. The zero-order chi connectivity index (χ0) is 16.7. The number of benzene rings is 1. The Bertz CT molecular complexity index is 682. The van der Waals surface area contributed by atoms with Crippen LogP contribution in [0.3, 0.4) is 0 Å². The number of nitrogens with one attached hydrogen (secondary N) is 2. The summed E-state index contributed by atoms with van der Waals surface area (Å²) in [6.45, 7) is 6.23. The molecule has 5 nitrogen and oxygen atoms in total. The molecule has 0 atom stereocenters. The molecule has 2 rings (SSSR count). The van der Waals surface area contributed by atoms with Gasteiger partial charge in [0.2, 0.25) is 5.91 Å². The van der Waals surface area contributed by atoms with Gasteiger partial charge in [0.05, 0.1) is 13.1 Å². The number of primary amides is 1. The minimum atomic E-state index is -0.415. The van der Waals surface area contributed by atoms with Gasteiger partial charge in [-0.1, -0.05) is 12.1 Å². The number of halogens is 1. The predicted molar refractivity (Wildman–Crippen MR) is 111 cm³/mol. The molecular formula is C17H23IN4OS. The summed E-state index contributed by atoms with van der Waals surface area (Å²) in [5, 5.41) is 6.55. The minimum Gasteiger partial charge on any atom is -0.366 e. The van der Waals surface area contributed by atoms with Crippen LogP contribution in [0.5, 0.6) is 0 Å². The number of thiophene rings is 1. The predicted octanol–water partition coefficient (Wildman–Crippen LogP) is 3.03. The summed E-state index contributed by atoms with van der Waals surface area (Å²) in [6, 6.07) is 11.4.